The van der Waals surface area contributed by atoms with Crippen molar-refractivity contribution >= 4 is 12.4 Å². The second-order valence-electron chi connectivity index (χ2n) is 3.13. The molecule has 0 bridgehead atoms. The van der Waals surface area contributed by atoms with E-state index in [-0.39, 0.29) is 6.17 Å². The lowest BCUT2D eigenvalue weighted by Gasteiger charge is -2.20. The lowest BCUT2D eigenvalue weighted by Crippen LogP contribution is -2.23. The number of hydrogen-bond donors (Lipinski definition) is 0. The average Bonchev–Trinajstić information content (AvgIpc) is 2.51. The molecule has 0 amide bonds. The van der Waals surface area contributed by atoms with Gasteiger partial charge in [0.1, 0.15) is 6.17 Å². The molecule has 2 rings (SSSR count). The molecule has 0 saturated heterocycles. The number of nitrogens with zero attached hydrogens (tertiary/aromatic N) is 3. The first kappa shape index (κ1) is 7.53. The molecule has 0 radical (unpaired) electrons. The largest absolute Gasteiger partial charge is 0.266 e. The first-order valence-electron chi connectivity index (χ1n) is 4.45. The number of allylic oxidation sites excluding steroid dienone is 1. The van der Waals surface area contributed by atoms with E-state index in [1.165, 1.54) is 12.0 Å². The highest BCUT2D eigenvalue weighted by Crippen LogP contribution is 2.19. The SMILES string of the molecule is CCCC1=CN2N=CCC2N=C1. The zero-order valence-corrected chi connectivity index (χ0v) is 7.27. The molecule has 0 fully saturated rings. The smallest absolute Gasteiger partial charge is 0.146 e. The van der Waals surface area contributed by atoms with Crippen LogP contribution in [0, 0.1) is 0 Å². The third-order valence-corrected chi connectivity index (χ3v) is 2.09. The minimum Gasteiger partial charge on any atom is -0.266 e. The van der Waals surface area contributed by atoms with Gasteiger partial charge in [-0.2, -0.15) is 5.10 Å². The fourth-order valence-corrected chi connectivity index (χ4v) is 1.47. The summed E-state index contributed by atoms with van der Waals surface area (Å²) in [5.74, 6) is 0. The summed E-state index contributed by atoms with van der Waals surface area (Å²) in [5.41, 5.74) is 1.28. The van der Waals surface area contributed by atoms with Crippen LogP contribution in [0.25, 0.3) is 0 Å². The Bertz CT molecular complexity index is 252. The van der Waals surface area contributed by atoms with Gasteiger partial charge in [0.05, 0.1) is 0 Å². The maximum atomic E-state index is 4.40. The minimum atomic E-state index is 0.255. The zero-order chi connectivity index (χ0) is 8.39. The van der Waals surface area contributed by atoms with Crippen molar-refractivity contribution in [3.05, 3.63) is 11.8 Å². The molecule has 12 heavy (non-hydrogen) atoms. The van der Waals surface area contributed by atoms with Crippen LogP contribution in [-0.2, 0) is 0 Å². The van der Waals surface area contributed by atoms with Gasteiger partial charge >= 0.3 is 0 Å². The van der Waals surface area contributed by atoms with Crippen molar-refractivity contribution in [1.29, 1.82) is 0 Å². The Labute approximate surface area is 72.5 Å². The summed E-state index contributed by atoms with van der Waals surface area (Å²) < 4.78 is 0. The Hall–Kier alpha value is -1.12. The van der Waals surface area contributed by atoms with Gasteiger partial charge in [-0.05, 0) is 12.0 Å². The van der Waals surface area contributed by atoms with Gasteiger partial charge in [0.15, 0.2) is 0 Å². The van der Waals surface area contributed by atoms with Gasteiger partial charge in [0, 0.05) is 25.0 Å². The monoisotopic (exact) mass is 163 g/mol. The molecule has 2 heterocycles. The van der Waals surface area contributed by atoms with Crippen LogP contribution in [0.3, 0.4) is 0 Å². The molecular weight excluding hydrogens is 150 g/mol. The quantitative estimate of drug-likeness (QED) is 0.609. The Morgan fingerprint density at radius 3 is 3.42 bits per heavy atom. The Morgan fingerprint density at radius 2 is 2.58 bits per heavy atom. The molecule has 0 aromatic rings. The van der Waals surface area contributed by atoms with Crippen molar-refractivity contribution in [3.63, 3.8) is 0 Å². The van der Waals surface area contributed by atoms with Crippen LogP contribution in [0.15, 0.2) is 21.9 Å². The topological polar surface area (TPSA) is 28.0 Å². The van der Waals surface area contributed by atoms with Crippen LogP contribution in [0.4, 0.5) is 0 Å². The predicted molar refractivity (Wildman–Crippen MR) is 50.2 cm³/mol. The first-order chi connectivity index (χ1) is 5.90. The minimum absolute atomic E-state index is 0.255. The van der Waals surface area contributed by atoms with Crippen LogP contribution in [0.5, 0.6) is 0 Å². The van der Waals surface area contributed by atoms with Crippen molar-refractivity contribution in [3.8, 4) is 0 Å². The van der Waals surface area contributed by atoms with E-state index in [0.29, 0.717) is 0 Å². The van der Waals surface area contributed by atoms with E-state index in [2.05, 4.69) is 23.2 Å². The fourth-order valence-electron chi connectivity index (χ4n) is 1.47. The highest BCUT2D eigenvalue weighted by Gasteiger charge is 2.20. The predicted octanol–water partition coefficient (Wildman–Crippen LogP) is 1.77. The van der Waals surface area contributed by atoms with Crippen LogP contribution < -0.4 is 0 Å². The average molecular weight is 163 g/mol. The summed E-state index contributed by atoms with van der Waals surface area (Å²) in [5, 5.41) is 6.16. The van der Waals surface area contributed by atoms with Gasteiger partial charge in [-0.3, -0.25) is 4.99 Å². The fraction of sp³-hybridized carbons (Fsp3) is 0.556. The number of rotatable bonds is 2. The molecule has 2 aliphatic heterocycles. The van der Waals surface area contributed by atoms with Crippen molar-refractivity contribution in [1.82, 2.24) is 5.01 Å². The molecule has 0 aromatic carbocycles. The maximum Gasteiger partial charge on any atom is 0.146 e. The molecule has 1 atom stereocenters. The molecule has 3 heteroatoms. The summed E-state index contributed by atoms with van der Waals surface area (Å²) >= 11 is 0. The molecule has 2 aliphatic rings. The van der Waals surface area contributed by atoms with E-state index in [1.54, 1.807) is 0 Å². The molecule has 0 saturated carbocycles. The summed E-state index contributed by atoms with van der Waals surface area (Å²) in [7, 11) is 0. The van der Waals surface area contributed by atoms with Crippen LogP contribution in [0.2, 0.25) is 0 Å². The molecule has 0 aliphatic carbocycles. The van der Waals surface area contributed by atoms with E-state index in [0.717, 1.165) is 12.8 Å². The summed E-state index contributed by atoms with van der Waals surface area (Å²) in [6.07, 6.45) is 9.48. The number of hydrogen-bond acceptors (Lipinski definition) is 3. The molecule has 64 valence electrons. The van der Waals surface area contributed by atoms with Gasteiger partial charge in [0.2, 0.25) is 0 Å². The third-order valence-electron chi connectivity index (χ3n) is 2.09. The molecule has 3 nitrogen and oxygen atoms in total. The van der Waals surface area contributed by atoms with Crippen molar-refractivity contribution < 1.29 is 0 Å². The molecule has 0 aromatic heterocycles. The van der Waals surface area contributed by atoms with Crippen LogP contribution in [-0.4, -0.2) is 23.6 Å². The second kappa shape index (κ2) is 3.09. The lowest BCUT2D eigenvalue weighted by atomic mass is 10.1. The summed E-state index contributed by atoms with van der Waals surface area (Å²) in [4.78, 5) is 4.40. The number of fused-ring (bicyclic) bond motifs is 1. The lowest BCUT2D eigenvalue weighted by molar-refractivity contribution is 0.325. The van der Waals surface area contributed by atoms with Crippen molar-refractivity contribution in [2.45, 2.75) is 32.4 Å². The maximum absolute atomic E-state index is 4.40. The van der Waals surface area contributed by atoms with Crippen LogP contribution >= 0.6 is 0 Å². The summed E-state index contributed by atoms with van der Waals surface area (Å²) in [6, 6.07) is 0. The third kappa shape index (κ3) is 1.26. The highest BCUT2D eigenvalue weighted by atomic mass is 15.5. The number of aliphatic imine (C=N–C) groups is 1. The Balaban J connectivity index is 2.09. The Kier molecular flexibility index (Phi) is 1.94. The first-order valence-corrected chi connectivity index (χ1v) is 4.45. The van der Waals surface area contributed by atoms with Gasteiger partial charge in [-0.15, -0.1) is 0 Å². The number of hydrazone groups is 1. The van der Waals surface area contributed by atoms with Crippen molar-refractivity contribution in [2.75, 3.05) is 0 Å². The van der Waals surface area contributed by atoms with Crippen molar-refractivity contribution in [2.24, 2.45) is 10.1 Å². The summed E-state index contributed by atoms with van der Waals surface area (Å²) in [6.45, 7) is 2.17. The van der Waals surface area contributed by atoms with E-state index >= 15 is 0 Å². The Morgan fingerprint density at radius 1 is 1.67 bits per heavy atom. The van der Waals surface area contributed by atoms with Gasteiger partial charge in [0.25, 0.3) is 0 Å². The molecular formula is C9H13N3. The molecule has 0 spiro atoms. The van der Waals surface area contributed by atoms with Crippen LogP contribution in [0.1, 0.15) is 26.2 Å². The van der Waals surface area contributed by atoms with E-state index in [9.17, 15) is 0 Å². The molecule has 1 unspecified atom stereocenters. The van der Waals surface area contributed by atoms with Gasteiger partial charge in [-0.25, -0.2) is 5.01 Å². The second-order valence-corrected chi connectivity index (χ2v) is 3.13. The van der Waals surface area contributed by atoms with E-state index < -0.39 is 0 Å². The highest BCUT2D eigenvalue weighted by molar-refractivity contribution is 5.80. The van der Waals surface area contributed by atoms with Gasteiger partial charge < -0.3 is 0 Å². The normalized spacial score (nSPS) is 25.9. The van der Waals surface area contributed by atoms with Gasteiger partial charge in [-0.1, -0.05) is 13.3 Å². The molecule has 0 N–H and O–H groups in total. The standard InChI is InChI=1S/C9H13N3/c1-2-3-8-6-10-9-4-5-11-12(9)7-8/h5-7,9H,2-4H2,1H3. The van der Waals surface area contributed by atoms with E-state index in [4.69, 9.17) is 0 Å². The zero-order valence-electron chi connectivity index (χ0n) is 7.27. The van der Waals surface area contributed by atoms with E-state index in [1.807, 2.05) is 17.4 Å².